The molecule has 0 aliphatic heterocycles. The number of hydrogen-bond donors (Lipinski definition) is 3. The van der Waals surface area contributed by atoms with Crippen LogP contribution in [0.15, 0.2) is 48.5 Å². The van der Waals surface area contributed by atoms with Gasteiger partial charge in [0.05, 0.1) is 0 Å². The first-order valence-corrected chi connectivity index (χ1v) is 11.6. The van der Waals surface area contributed by atoms with Crippen molar-refractivity contribution in [2.24, 2.45) is 11.7 Å². The summed E-state index contributed by atoms with van der Waals surface area (Å²) in [5.41, 5.74) is 10.2. The van der Waals surface area contributed by atoms with E-state index in [2.05, 4.69) is 34.9 Å². The van der Waals surface area contributed by atoms with E-state index >= 15 is 0 Å². The van der Waals surface area contributed by atoms with Gasteiger partial charge in [0.1, 0.15) is 12.6 Å². The second-order valence-electron chi connectivity index (χ2n) is 8.69. The Morgan fingerprint density at radius 3 is 2.12 bits per heavy atom. The maximum atomic E-state index is 12.6. The van der Waals surface area contributed by atoms with Crippen LogP contribution in [0.4, 0.5) is 4.79 Å². The van der Waals surface area contributed by atoms with Gasteiger partial charge in [-0.2, -0.15) is 0 Å². The summed E-state index contributed by atoms with van der Waals surface area (Å²) in [6.45, 7) is 5.35. The maximum absolute atomic E-state index is 12.6. The Kier molecular flexibility index (Phi) is 8.68. The summed E-state index contributed by atoms with van der Waals surface area (Å²) in [4.78, 5) is 25.2. The minimum absolute atomic E-state index is 0.00648. The number of benzene rings is 2. The molecule has 6 heteroatoms. The Balaban J connectivity index is 1.53. The van der Waals surface area contributed by atoms with Crippen LogP contribution in [-0.4, -0.2) is 37.7 Å². The van der Waals surface area contributed by atoms with Gasteiger partial charge in [-0.1, -0.05) is 75.2 Å². The predicted molar refractivity (Wildman–Crippen MR) is 127 cm³/mol. The highest BCUT2D eigenvalue weighted by atomic mass is 16.5. The van der Waals surface area contributed by atoms with Crippen LogP contribution >= 0.6 is 0 Å². The molecule has 172 valence electrons. The van der Waals surface area contributed by atoms with E-state index in [0.29, 0.717) is 13.1 Å². The molecule has 1 atom stereocenters. The molecule has 2 aromatic carbocycles. The van der Waals surface area contributed by atoms with Crippen LogP contribution in [0.5, 0.6) is 0 Å². The van der Waals surface area contributed by atoms with Crippen molar-refractivity contribution in [2.75, 3.05) is 19.7 Å². The number of carbonyl (C=O) groups is 2. The highest BCUT2D eigenvalue weighted by Crippen LogP contribution is 2.44. The van der Waals surface area contributed by atoms with Gasteiger partial charge in [-0.25, -0.2) is 4.79 Å². The highest BCUT2D eigenvalue weighted by molar-refractivity contribution is 5.86. The summed E-state index contributed by atoms with van der Waals surface area (Å²) in [5.74, 6) is -0.229. The topological polar surface area (TPSA) is 93.4 Å². The van der Waals surface area contributed by atoms with E-state index in [1.807, 2.05) is 38.1 Å². The summed E-state index contributed by atoms with van der Waals surface area (Å²) >= 11 is 0. The summed E-state index contributed by atoms with van der Waals surface area (Å²) in [6.07, 6.45) is 3.44. The third-order valence-electron chi connectivity index (χ3n) is 6.00. The van der Waals surface area contributed by atoms with Crippen LogP contribution in [-0.2, 0) is 9.53 Å². The molecule has 0 fully saturated rings. The molecule has 2 amide bonds. The molecule has 2 aromatic rings. The summed E-state index contributed by atoms with van der Waals surface area (Å²) in [5, 5.41) is 5.69. The second kappa shape index (κ2) is 11.7. The van der Waals surface area contributed by atoms with Crippen LogP contribution in [0.1, 0.15) is 56.6 Å². The fraction of sp³-hybridized carbons (Fsp3) is 0.462. The van der Waals surface area contributed by atoms with Gasteiger partial charge in [0.25, 0.3) is 0 Å². The van der Waals surface area contributed by atoms with Crippen molar-refractivity contribution < 1.29 is 14.3 Å². The van der Waals surface area contributed by atoms with Gasteiger partial charge < -0.3 is 21.1 Å². The SMILES string of the molecule is CC(C)[C@H](NC(=O)OCC1c2ccccc2-c2ccccc21)C(=O)NCCCCCCN. The lowest BCUT2D eigenvalue weighted by Crippen LogP contribution is -2.50. The third kappa shape index (κ3) is 5.88. The van der Waals surface area contributed by atoms with E-state index in [0.717, 1.165) is 36.8 Å². The lowest BCUT2D eigenvalue weighted by Gasteiger charge is -2.22. The Morgan fingerprint density at radius 2 is 1.53 bits per heavy atom. The molecular formula is C26H35N3O3. The minimum Gasteiger partial charge on any atom is -0.449 e. The fourth-order valence-corrected chi connectivity index (χ4v) is 4.25. The summed E-state index contributed by atoms with van der Waals surface area (Å²) in [6, 6.07) is 15.8. The van der Waals surface area contributed by atoms with E-state index in [-0.39, 0.29) is 24.3 Å². The van der Waals surface area contributed by atoms with Gasteiger partial charge in [0.15, 0.2) is 0 Å². The van der Waals surface area contributed by atoms with Crippen molar-refractivity contribution in [3.63, 3.8) is 0 Å². The van der Waals surface area contributed by atoms with Crippen LogP contribution < -0.4 is 16.4 Å². The largest absolute Gasteiger partial charge is 0.449 e. The van der Waals surface area contributed by atoms with E-state index in [1.54, 1.807) is 0 Å². The van der Waals surface area contributed by atoms with E-state index in [4.69, 9.17) is 10.5 Å². The molecule has 1 aliphatic rings. The van der Waals surface area contributed by atoms with Crippen molar-refractivity contribution in [3.05, 3.63) is 59.7 Å². The molecule has 6 nitrogen and oxygen atoms in total. The average Bonchev–Trinajstić information content (AvgIpc) is 3.12. The summed E-state index contributed by atoms with van der Waals surface area (Å²) in [7, 11) is 0. The number of nitrogens with two attached hydrogens (primary N) is 1. The van der Waals surface area contributed by atoms with Crippen molar-refractivity contribution >= 4 is 12.0 Å². The van der Waals surface area contributed by atoms with Crippen molar-refractivity contribution in [2.45, 2.75) is 51.5 Å². The van der Waals surface area contributed by atoms with Crippen LogP contribution in [0.2, 0.25) is 0 Å². The van der Waals surface area contributed by atoms with Crippen molar-refractivity contribution in [3.8, 4) is 11.1 Å². The number of nitrogens with one attached hydrogen (secondary N) is 2. The zero-order valence-corrected chi connectivity index (χ0v) is 19.1. The minimum atomic E-state index is -0.630. The Morgan fingerprint density at radius 1 is 0.938 bits per heavy atom. The normalized spacial score (nSPS) is 13.4. The molecule has 32 heavy (non-hydrogen) atoms. The van der Waals surface area contributed by atoms with Crippen LogP contribution in [0, 0.1) is 5.92 Å². The number of carbonyl (C=O) groups excluding carboxylic acids is 2. The zero-order valence-electron chi connectivity index (χ0n) is 19.1. The molecule has 0 radical (unpaired) electrons. The molecule has 0 aromatic heterocycles. The maximum Gasteiger partial charge on any atom is 0.407 e. The average molecular weight is 438 g/mol. The lowest BCUT2D eigenvalue weighted by atomic mass is 9.98. The van der Waals surface area contributed by atoms with Gasteiger partial charge in [-0.05, 0) is 47.6 Å². The van der Waals surface area contributed by atoms with Crippen LogP contribution in [0.3, 0.4) is 0 Å². The molecule has 0 unspecified atom stereocenters. The van der Waals surface area contributed by atoms with Crippen LogP contribution in [0.25, 0.3) is 11.1 Å². The molecule has 0 spiro atoms. The summed E-state index contributed by atoms with van der Waals surface area (Å²) < 4.78 is 5.60. The van der Waals surface area contributed by atoms with E-state index < -0.39 is 12.1 Å². The second-order valence-corrected chi connectivity index (χ2v) is 8.69. The molecular weight excluding hydrogens is 402 g/mol. The first-order valence-electron chi connectivity index (χ1n) is 11.6. The first kappa shape index (κ1) is 23.8. The molecule has 4 N–H and O–H groups in total. The smallest absolute Gasteiger partial charge is 0.407 e. The number of alkyl carbamates (subject to hydrolysis) is 1. The number of hydrogen-bond acceptors (Lipinski definition) is 4. The molecule has 0 saturated carbocycles. The number of unbranched alkanes of at least 4 members (excludes halogenated alkanes) is 3. The van der Waals surface area contributed by atoms with Gasteiger partial charge in [-0.15, -0.1) is 0 Å². The monoisotopic (exact) mass is 437 g/mol. The highest BCUT2D eigenvalue weighted by Gasteiger charge is 2.30. The number of rotatable bonds is 11. The fourth-order valence-electron chi connectivity index (χ4n) is 4.25. The molecule has 0 heterocycles. The van der Waals surface area contributed by atoms with Crippen molar-refractivity contribution in [1.29, 1.82) is 0 Å². The first-order chi connectivity index (χ1) is 15.5. The van der Waals surface area contributed by atoms with Gasteiger partial charge in [0.2, 0.25) is 5.91 Å². The van der Waals surface area contributed by atoms with Gasteiger partial charge >= 0.3 is 6.09 Å². The number of amides is 2. The van der Waals surface area contributed by atoms with Gasteiger partial charge in [-0.3, -0.25) is 4.79 Å². The Labute approximate surface area is 190 Å². The molecule has 3 rings (SSSR count). The van der Waals surface area contributed by atoms with Gasteiger partial charge in [0, 0.05) is 12.5 Å². The Hall–Kier alpha value is -2.86. The predicted octanol–water partition coefficient (Wildman–Crippen LogP) is 4.19. The molecule has 0 bridgehead atoms. The third-order valence-corrected chi connectivity index (χ3v) is 6.00. The zero-order chi connectivity index (χ0) is 22.9. The lowest BCUT2D eigenvalue weighted by molar-refractivity contribution is -0.124. The molecule has 1 aliphatic carbocycles. The van der Waals surface area contributed by atoms with E-state index in [9.17, 15) is 9.59 Å². The van der Waals surface area contributed by atoms with Crippen molar-refractivity contribution in [1.82, 2.24) is 10.6 Å². The quantitative estimate of drug-likeness (QED) is 0.460. The standard InChI is InChI=1S/C26H35N3O3/c1-18(2)24(25(30)28-16-10-4-3-9-15-27)29-26(31)32-17-23-21-13-7-5-11-19(21)20-12-6-8-14-22(20)23/h5-8,11-14,18,23-24H,3-4,9-10,15-17,27H2,1-2H3,(H,28,30)(H,29,31)/t24-/m0/s1. The number of ether oxygens (including phenoxy) is 1. The van der Waals surface area contributed by atoms with E-state index in [1.165, 1.54) is 11.1 Å². The Bertz CT molecular complexity index is 867. The molecule has 0 saturated heterocycles. The number of fused-ring (bicyclic) bond motifs is 3.